The highest BCUT2D eigenvalue weighted by molar-refractivity contribution is 5.78. The molecule has 100 valence electrons. The van der Waals surface area contributed by atoms with Crippen LogP contribution in [0.15, 0.2) is 24.3 Å². The van der Waals surface area contributed by atoms with Crippen LogP contribution in [-0.4, -0.2) is 11.9 Å². The molecule has 3 nitrogen and oxygen atoms in total. The van der Waals surface area contributed by atoms with Gasteiger partial charge in [0.2, 0.25) is 5.91 Å². The van der Waals surface area contributed by atoms with Crippen molar-refractivity contribution in [3.05, 3.63) is 35.4 Å². The molecule has 2 rings (SSSR count). The summed E-state index contributed by atoms with van der Waals surface area (Å²) in [6.07, 6.45) is 4.12. The first-order chi connectivity index (χ1) is 9.17. The Bertz CT molecular complexity index is 465. The number of nitrogens with one attached hydrogen (secondary N) is 1. The molecule has 0 aromatic heterocycles. The standard InChI is InChI=1S/C16H20N2O/c1-12-2-4-13(5-3-12)10-16(19)18-15-8-6-14(11-17)7-9-15/h2-5,14-15H,6-10H2,1H3,(H,18,19). The molecule has 1 N–H and O–H groups in total. The molecule has 3 heteroatoms. The Morgan fingerprint density at radius 2 is 1.89 bits per heavy atom. The number of nitriles is 1. The molecule has 1 amide bonds. The number of hydrogen-bond acceptors (Lipinski definition) is 2. The van der Waals surface area contributed by atoms with Gasteiger partial charge < -0.3 is 5.32 Å². The molecular weight excluding hydrogens is 236 g/mol. The Morgan fingerprint density at radius 3 is 2.47 bits per heavy atom. The lowest BCUT2D eigenvalue weighted by Gasteiger charge is -2.25. The van der Waals surface area contributed by atoms with Crippen molar-refractivity contribution in [3.63, 3.8) is 0 Å². The van der Waals surface area contributed by atoms with Crippen LogP contribution < -0.4 is 5.32 Å². The summed E-state index contributed by atoms with van der Waals surface area (Å²) in [5.74, 6) is 0.273. The van der Waals surface area contributed by atoms with E-state index in [0.29, 0.717) is 6.42 Å². The van der Waals surface area contributed by atoms with Gasteiger partial charge in [0.1, 0.15) is 0 Å². The van der Waals surface area contributed by atoms with E-state index in [1.807, 2.05) is 31.2 Å². The van der Waals surface area contributed by atoms with Gasteiger partial charge in [-0.1, -0.05) is 29.8 Å². The van der Waals surface area contributed by atoms with Crippen LogP contribution in [0.5, 0.6) is 0 Å². The molecule has 1 saturated carbocycles. The number of amides is 1. The average molecular weight is 256 g/mol. The fraction of sp³-hybridized carbons (Fsp3) is 0.500. The highest BCUT2D eigenvalue weighted by Crippen LogP contribution is 2.23. The molecular formula is C16H20N2O. The predicted octanol–water partition coefficient (Wildman–Crippen LogP) is 2.74. The largest absolute Gasteiger partial charge is 0.353 e. The minimum atomic E-state index is 0.0873. The zero-order valence-electron chi connectivity index (χ0n) is 11.4. The minimum Gasteiger partial charge on any atom is -0.353 e. The van der Waals surface area contributed by atoms with Crippen LogP contribution in [-0.2, 0) is 11.2 Å². The van der Waals surface area contributed by atoms with Gasteiger partial charge in [0.15, 0.2) is 0 Å². The molecule has 0 aliphatic heterocycles. The second kappa shape index (κ2) is 6.38. The number of carbonyl (C=O) groups excluding carboxylic acids is 1. The lowest BCUT2D eigenvalue weighted by Crippen LogP contribution is -2.38. The van der Waals surface area contributed by atoms with E-state index in [9.17, 15) is 4.79 Å². The molecule has 1 aromatic rings. The molecule has 0 radical (unpaired) electrons. The quantitative estimate of drug-likeness (QED) is 0.904. The number of carbonyl (C=O) groups is 1. The van der Waals surface area contributed by atoms with Crippen molar-refractivity contribution in [2.75, 3.05) is 0 Å². The maximum atomic E-state index is 11.9. The van der Waals surface area contributed by atoms with Crippen LogP contribution in [0.4, 0.5) is 0 Å². The predicted molar refractivity (Wildman–Crippen MR) is 74.4 cm³/mol. The average Bonchev–Trinajstić information content (AvgIpc) is 2.42. The first-order valence-electron chi connectivity index (χ1n) is 6.92. The Balaban J connectivity index is 1.79. The summed E-state index contributed by atoms with van der Waals surface area (Å²) >= 11 is 0. The van der Waals surface area contributed by atoms with Gasteiger partial charge in [-0.2, -0.15) is 5.26 Å². The summed E-state index contributed by atoms with van der Waals surface area (Å²) in [6, 6.07) is 10.6. The fourth-order valence-corrected chi connectivity index (χ4v) is 2.54. The Hall–Kier alpha value is -1.82. The monoisotopic (exact) mass is 256 g/mol. The molecule has 0 atom stereocenters. The van der Waals surface area contributed by atoms with E-state index in [-0.39, 0.29) is 17.9 Å². The fourth-order valence-electron chi connectivity index (χ4n) is 2.54. The van der Waals surface area contributed by atoms with Crippen molar-refractivity contribution in [2.45, 2.75) is 45.1 Å². The molecule has 1 aliphatic carbocycles. The van der Waals surface area contributed by atoms with Gasteiger partial charge in [-0.05, 0) is 38.2 Å². The summed E-state index contributed by atoms with van der Waals surface area (Å²) in [6.45, 7) is 2.04. The molecule has 1 aliphatic rings. The Morgan fingerprint density at radius 1 is 1.26 bits per heavy atom. The lowest BCUT2D eigenvalue weighted by molar-refractivity contribution is -0.121. The molecule has 0 unspecified atom stereocenters. The molecule has 0 bridgehead atoms. The van der Waals surface area contributed by atoms with E-state index in [1.165, 1.54) is 5.56 Å². The van der Waals surface area contributed by atoms with Gasteiger partial charge in [0.05, 0.1) is 12.5 Å². The summed E-state index contributed by atoms with van der Waals surface area (Å²) < 4.78 is 0. The summed E-state index contributed by atoms with van der Waals surface area (Å²) in [4.78, 5) is 11.9. The topological polar surface area (TPSA) is 52.9 Å². The third kappa shape index (κ3) is 4.10. The van der Waals surface area contributed by atoms with Crippen LogP contribution in [0.2, 0.25) is 0 Å². The van der Waals surface area contributed by atoms with Crippen LogP contribution in [0.3, 0.4) is 0 Å². The van der Waals surface area contributed by atoms with E-state index in [1.54, 1.807) is 0 Å². The maximum Gasteiger partial charge on any atom is 0.224 e. The normalized spacial score (nSPS) is 22.5. The van der Waals surface area contributed by atoms with Gasteiger partial charge in [-0.25, -0.2) is 0 Å². The van der Waals surface area contributed by atoms with Crippen molar-refractivity contribution in [2.24, 2.45) is 5.92 Å². The van der Waals surface area contributed by atoms with E-state index in [4.69, 9.17) is 5.26 Å². The van der Waals surface area contributed by atoms with Gasteiger partial charge in [-0.3, -0.25) is 4.79 Å². The molecule has 0 heterocycles. The molecule has 19 heavy (non-hydrogen) atoms. The molecule has 1 aromatic carbocycles. The zero-order chi connectivity index (χ0) is 13.7. The van der Waals surface area contributed by atoms with Crippen LogP contribution >= 0.6 is 0 Å². The summed E-state index contributed by atoms with van der Waals surface area (Å²) in [7, 11) is 0. The molecule has 1 fully saturated rings. The maximum absolute atomic E-state index is 11.9. The van der Waals surface area contributed by atoms with E-state index >= 15 is 0 Å². The Labute approximate surface area is 114 Å². The number of rotatable bonds is 3. The van der Waals surface area contributed by atoms with Crippen molar-refractivity contribution < 1.29 is 4.79 Å². The smallest absolute Gasteiger partial charge is 0.224 e. The van der Waals surface area contributed by atoms with Crippen LogP contribution in [0.25, 0.3) is 0 Å². The third-order valence-corrected chi connectivity index (χ3v) is 3.76. The van der Waals surface area contributed by atoms with Crippen molar-refractivity contribution in [3.8, 4) is 6.07 Å². The van der Waals surface area contributed by atoms with Gasteiger partial charge in [-0.15, -0.1) is 0 Å². The second-order valence-electron chi connectivity index (χ2n) is 5.41. The third-order valence-electron chi connectivity index (χ3n) is 3.76. The number of aryl methyl sites for hydroxylation is 1. The van der Waals surface area contributed by atoms with E-state index in [0.717, 1.165) is 31.2 Å². The van der Waals surface area contributed by atoms with Gasteiger partial charge in [0, 0.05) is 12.0 Å². The number of benzene rings is 1. The molecule has 0 spiro atoms. The van der Waals surface area contributed by atoms with Gasteiger partial charge >= 0.3 is 0 Å². The van der Waals surface area contributed by atoms with Crippen molar-refractivity contribution >= 4 is 5.91 Å². The SMILES string of the molecule is Cc1ccc(CC(=O)NC2CCC(C#N)CC2)cc1. The van der Waals surface area contributed by atoms with Gasteiger partial charge in [0.25, 0.3) is 0 Å². The minimum absolute atomic E-state index is 0.0873. The first kappa shape index (κ1) is 13.6. The number of hydrogen-bond donors (Lipinski definition) is 1. The van der Waals surface area contributed by atoms with Crippen LogP contribution in [0, 0.1) is 24.2 Å². The lowest BCUT2D eigenvalue weighted by atomic mass is 9.87. The second-order valence-corrected chi connectivity index (χ2v) is 5.41. The highest BCUT2D eigenvalue weighted by atomic mass is 16.1. The highest BCUT2D eigenvalue weighted by Gasteiger charge is 2.21. The van der Waals surface area contributed by atoms with E-state index < -0.39 is 0 Å². The number of nitrogens with zero attached hydrogens (tertiary/aromatic N) is 1. The van der Waals surface area contributed by atoms with Crippen molar-refractivity contribution in [1.82, 2.24) is 5.32 Å². The summed E-state index contributed by atoms with van der Waals surface area (Å²) in [5.41, 5.74) is 2.26. The summed E-state index contributed by atoms with van der Waals surface area (Å²) in [5, 5.41) is 11.9. The van der Waals surface area contributed by atoms with Crippen LogP contribution in [0.1, 0.15) is 36.8 Å². The molecule has 0 saturated heterocycles. The van der Waals surface area contributed by atoms with Crippen molar-refractivity contribution in [1.29, 1.82) is 5.26 Å². The zero-order valence-corrected chi connectivity index (χ0v) is 11.4. The Kier molecular flexibility index (Phi) is 4.57. The van der Waals surface area contributed by atoms with E-state index in [2.05, 4.69) is 11.4 Å². The first-order valence-corrected chi connectivity index (χ1v) is 6.92.